The number of carboxylic acids is 2. The molecule has 3 aliphatic rings. The summed E-state index contributed by atoms with van der Waals surface area (Å²) in [5.41, 5.74) is 0. The van der Waals surface area contributed by atoms with Gasteiger partial charge in [-0.2, -0.15) is 12.8 Å². The number of hydrogen-bond donors (Lipinski definition) is 2. The van der Waals surface area contributed by atoms with Crippen LogP contribution in [0.25, 0.3) is 0 Å². The molecule has 0 spiro atoms. The van der Waals surface area contributed by atoms with Crippen molar-refractivity contribution >= 4 is 11.9 Å². The summed E-state index contributed by atoms with van der Waals surface area (Å²) < 4.78 is 0. The Balaban J connectivity index is 0.000000845. The summed E-state index contributed by atoms with van der Waals surface area (Å²) in [6.45, 7) is 0. The molecule has 3 aliphatic carbocycles. The van der Waals surface area contributed by atoms with Gasteiger partial charge in [0, 0.05) is 33.2 Å². The summed E-state index contributed by atoms with van der Waals surface area (Å²) in [7, 11) is 0. The molecule has 3 fully saturated rings. The van der Waals surface area contributed by atoms with Crippen molar-refractivity contribution in [2.45, 2.75) is 12.8 Å². The van der Waals surface area contributed by atoms with Crippen LogP contribution in [0.4, 0.5) is 0 Å². The first-order valence-corrected chi connectivity index (χ1v) is 3.91. The fourth-order valence-electron chi connectivity index (χ4n) is 2.32. The minimum Gasteiger partial charge on any atom is -0.483 e. The molecule has 0 aromatic heterocycles. The Labute approximate surface area is 95.5 Å². The van der Waals surface area contributed by atoms with Gasteiger partial charge in [0.2, 0.25) is 0 Å². The largest absolute Gasteiger partial charge is 0.483 e. The third-order valence-corrected chi connectivity index (χ3v) is 2.91. The normalized spacial score (nSPS) is 36.2. The van der Waals surface area contributed by atoms with Gasteiger partial charge in [0.25, 0.3) is 5.97 Å². The maximum Gasteiger partial charge on any atom is 0.304 e. The second-order valence-electron chi connectivity index (χ2n) is 3.51. The predicted molar refractivity (Wildman–Crippen MR) is 38.2 cm³/mol. The summed E-state index contributed by atoms with van der Waals surface area (Å²) in [6, 6.07) is 0. The first-order valence-electron chi connectivity index (χ1n) is 3.91. The quantitative estimate of drug-likeness (QED) is 0.567. The Hall–Kier alpha value is -0.138. The van der Waals surface area contributed by atoms with E-state index in [0.717, 1.165) is 5.92 Å². The van der Waals surface area contributed by atoms with Crippen LogP contribution in [-0.4, -0.2) is 22.2 Å². The summed E-state index contributed by atoms with van der Waals surface area (Å²) >= 11 is 0. The molecule has 2 bridgehead atoms. The Morgan fingerprint density at radius 1 is 1.15 bits per heavy atom. The van der Waals surface area contributed by atoms with Gasteiger partial charge >= 0.3 is 5.97 Å². The minimum atomic E-state index is -0.975. The van der Waals surface area contributed by atoms with Gasteiger partial charge in [0.1, 0.15) is 0 Å². The molecule has 0 heterocycles. The Morgan fingerprint density at radius 2 is 1.69 bits per heavy atom. The van der Waals surface area contributed by atoms with Crippen molar-refractivity contribution in [3.63, 3.8) is 0 Å². The van der Waals surface area contributed by atoms with Crippen molar-refractivity contribution in [2.24, 2.45) is 17.8 Å². The predicted octanol–water partition coefficient (Wildman–Crippen LogP) is 0.384. The van der Waals surface area contributed by atoms with Crippen LogP contribution in [0.1, 0.15) is 12.8 Å². The van der Waals surface area contributed by atoms with Gasteiger partial charge in [-0.3, -0.25) is 15.5 Å². The van der Waals surface area contributed by atoms with Gasteiger partial charge in [-0.1, -0.05) is 11.8 Å². The van der Waals surface area contributed by atoms with Crippen LogP contribution < -0.4 is 0 Å². The fraction of sp³-hybridized carbons (Fsp3) is 0.625. The van der Waals surface area contributed by atoms with E-state index in [1.165, 1.54) is 0 Å². The molecule has 0 radical (unpaired) electrons. The van der Waals surface area contributed by atoms with E-state index in [4.69, 9.17) is 10.2 Å². The Morgan fingerprint density at radius 3 is 2.00 bits per heavy atom. The second kappa shape index (κ2) is 3.55. The van der Waals surface area contributed by atoms with Crippen LogP contribution in [0.5, 0.6) is 0 Å². The summed E-state index contributed by atoms with van der Waals surface area (Å²) in [6.07, 6.45) is 1.43. The number of hydrogen-bond acceptors (Lipinski definition) is 2. The van der Waals surface area contributed by atoms with E-state index in [1.54, 1.807) is 0 Å². The summed E-state index contributed by atoms with van der Waals surface area (Å²) in [5.74, 6) is -2.28. The molecular weight excluding hydrogens is 272 g/mol. The zero-order valence-corrected chi connectivity index (χ0v) is 11.1. The molecule has 2 unspecified atom stereocenters. The average molecular weight is 282 g/mol. The van der Waals surface area contributed by atoms with Gasteiger partial charge in [-0.05, 0) is 0 Å². The van der Waals surface area contributed by atoms with Crippen molar-refractivity contribution in [1.29, 1.82) is 0 Å². The smallest absolute Gasteiger partial charge is 0.304 e. The molecule has 5 heteroatoms. The van der Waals surface area contributed by atoms with Crippen molar-refractivity contribution in [3.8, 4) is 0 Å². The van der Waals surface area contributed by atoms with E-state index in [1.807, 2.05) is 0 Å². The van der Waals surface area contributed by atoms with Gasteiger partial charge in [0.05, 0.1) is 0 Å². The number of carbonyl (C=O) groups is 2. The van der Waals surface area contributed by atoms with E-state index in [0.29, 0.717) is 12.8 Å². The maximum absolute atomic E-state index is 10.7. The molecular formula is C8H9CdO4-. The molecule has 2 atom stereocenters. The van der Waals surface area contributed by atoms with Gasteiger partial charge in [0.15, 0.2) is 0 Å². The van der Waals surface area contributed by atoms with E-state index >= 15 is 0 Å². The van der Waals surface area contributed by atoms with Crippen LogP contribution in [0.15, 0.2) is 0 Å². The van der Waals surface area contributed by atoms with E-state index in [2.05, 4.69) is 0 Å². The molecule has 0 aliphatic heterocycles. The van der Waals surface area contributed by atoms with Crippen LogP contribution in [0, 0.1) is 23.7 Å². The molecule has 0 aromatic rings. The molecule has 0 aromatic carbocycles. The van der Waals surface area contributed by atoms with Crippen LogP contribution in [-0.2, 0) is 36.9 Å². The van der Waals surface area contributed by atoms with Gasteiger partial charge in [-0.15, -0.1) is 0 Å². The third kappa shape index (κ3) is 1.49. The number of rotatable bonds is 2. The van der Waals surface area contributed by atoms with E-state index < -0.39 is 23.8 Å². The average Bonchev–Trinajstić information content (AvgIpc) is 2.34. The van der Waals surface area contributed by atoms with Gasteiger partial charge in [-0.25, -0.2) is 0 Å². The van der Waals surface area contributed by atoms with Crippen LogP contribution in [0.3, 0.4) is 0 Å². The SMILES string of the molecule is O=C(O)C1[C-]2CC(C2)C1C(=O)O.[Cd]. The molecule has 0 amide bonds. The summed E-state index contributed by atoms with van der Waals surface area (Å²) in [4.78, 5) is 21.3. The zero-order chi connectivity index (χ0) is 8.88. The first kappa shape index (κ1) is 10.9. The Bertz CT molecular complexity index is 223. The van der Waals surface area contributed by atoms with Crippen LogP contribution in [0.2, 0.25) is 0 Å². The summed E-state index contributed by atoms with van der Waals surface area (Å²) in [5, 5.41) is 17.5. The van der Waals surface area contributed by atoms with Crippen LogP contribution >= 0.6 is 0 Å². The molecule has 68 valence electrons. The standard InChI is InChI=1S/C8H9O4.Cd/c9-7(10)5-3-1-4(2-3)6(5)8(11)12;/h3,5-6H,1-2H2,(H,9,10)(H,11,12);/q-1;. The number of fused-ring (bicyclic) bond motifs is 1. The van der Waals surface area contributed by atoms with Crippen molar-refractivity contribution in [2.75, 3.05) is 0 Å². The fourth-order valence-corrected chi connectivity index (χ4v) is 2.32. The molecule has 4 nitrogen and oxygen atoms in total. The molecule has 2 N–H and O–H groups in total. The topological polar surface area (TPSA) is 74.6 Å². The van der Waals surface area contributed by atoms with Crippen molar-refractivity contribution < 1.29 is 47.1 Å². The molecule has 0 saturated heterocycles. The third-order valence-electron chi connectivity index (χ3n) is 2.91. The minimum absolute atomic E-state index is 0. The van der Waals surface area contributed by atoms with E-state index in [9.17, 15) is 9.59 Å². The number of aliphatic carboxylic acids is 2. The number of carboxylic acid groups (broad SMARTS) is 2. The van der Waals surface area contributed by atoms with E-state index in [-0.39, 0.29) is 33.2 Å². The van der Waals surface area contributed by atoms with Gasteiger partial charge < -0.3 is 10.2 Å². The van der Waals surface area contributed by atoms with Crippen molar-refractivity contribution in [3.05, 3.63) is 5.92 Å². The molecule has 3 saturated carbocycles. The molecule has 13 heavy (non-hydrogen) atoms. The molecule has 3 rings (SSSR count). The zero-order valence-electron chi connectivity index (χ0n) is 7.06. The second-order valence-corrected chi connectivity index (χ2v) is 3.51. The monoisotopic (exact) mass is 283 g/mol. The maximum atomic E-state index is 10.7. The first-order chi connectivity index (χ1) is 5.61. The van der Waals surface area contributed by atoms with Crippen molar-refractivity contribution in [1.82, 2.24) is 0 Å². The Kier molecular flexibility index (Phi) is 2.99.